The Labute approximate surface area is 128 Å². The quantitative estimate of drug-likeness (QED) is 0.795. The van der Waals surface area contributed by atoms with Crippen LogP contribution in [0, 0.1) is 13.8 Å². The molecule has 3 aromatic rings. The maximum atomic E-state index is 12.3. The number of aromatic nitrogens is 4. The first-order valence-corrected chi connectivity index (χ1v) is 7.14. The molecular formula is C16H17N5O. The fourth-order valence-electron chi connectivity index (χ4n) is 2.39. The van der Waals surface area contributed by atoms with Gasteiger partial charge in [-0.25, -0.2) is 9.50 Å². The van der Waals surface area contributed by atoms with Crippen LogP contribution in [0.25, 0.3) is 5.65 Å². The van der Waals surface area contributed by atoms with E-state index in [9.17, 15) is 4.79 Å². The second-order valence-electron chi connectivity index (χ2n) is 5.20. The van der Waals surface area contributed by atoms with Crippen LogP contribution in [0.5, 0.6) is 0 Å². The van der Waals surface area contributed by atoms with Crippen molar-refractivity contribution in [3.8, 4) is 0 Å². The normalized spacial score (nSPS) is 10.8. The third-order valence-electron chi connectivity index (χ3n) is 3.44. The highest BCUT2D eigenvalue weighted by atomic mass is 16.1. The molecule has 0 radical (unpaired) electrons. The smallest absolute Gasteiger partial charge is 0.256 e. The van der Waals surface area contributed by atoms with Gasteiger partial charge in [0.15, 0.2) is 5.65 Å². The number of carbonyl (C=O) groups excluding carboxylic acids is 1. The highest BCUT2D eigenvalue weighted by molar-refractivity contribution is 5.99. The predicted molar refractivity (Wildman–Crippen MR) is 82.7 cm³/mol. The van der Waals surface area contributed by atoms with Crippen molar-refractivity contribution in [1.82, 2.24) is 24.9 Å². The van der Waals surface area contributed by atoms with E-state index in [4.69, 9.17) is 0 Å². The van der Waals surface area contributed by atoms with Gasteiger partial charge in [0.1, 0.15) is 5.56 Å². The Morgan fingerprint density at radius 1 is 1.32 bits per heavy atom. The van der Waals surface area contributed by atoms with Gasteiger partial charge in [-0.3, -0.25) is 9.78 Å². The molecule has 0 aliphatic heterocycles. The minimum atomic E-state index is -0.156. The summed E-state index contributed by atoms with van der Waals surface area (Å²) in [6, 6.07) is 5.81. The lowest BCUT2D eigenvalue weighted by Crippen LogP contribution is -2.25. The number of pyridine rings is 1. The van der Waals surface area contributed by atoms with Crippen molar-refractivity contribution < 1.29 is 4.79 Å². The van der Waals surface area contributed by atoms with Gasteiger partial charge in [0.2, 0.25) is 0 Å². The van der Waals surface area contributed by atoms with Gasteiger partial charge in [0.05, 0.1) is 6.20 Å². The average molecular weight is 295 g/mol. The minimum Gasteiger partial charge on any atom is -0.352 e. The average Bonchev–Trinajstić information content (AvgIpc) is 2.92. The number of hydrogen-bond acceptors (Lipinski definition) is 4. The second-order valence-corrected chi connectivity index (χ2v) is 5.20. The van der Waals surface area contributed by atoms with Crippen LogP contribution in [-0.4, -0.2) is 32.0 Å². The Hall–Kier alpha value is -2.76. The second kappa shape index (κ2) is 5.93. The number of fused-ring (bicyclic) bond motifs is 1. The maximum absolute atomic E-state index is 12.3. The summed E-state index contributed by atoms with van der Waals surface area (Å²) >= 11 is 0. The number of rotatable bonds is 4. The lowest BCUT2D eigenvalue weighted by Gasteiger charge is -2.05. The van der Waals surface area contributed by atoms with Gasteiger partial charge in [-0.2, -0.15) is 5.10 Å². The van der Waals surface area contributed by atoms with Crippen molar-refractivity contribution in [1.29, 1.82) is 0 Å². The lowest BCUT2D eigenvalue weighted by molar-refractivity contribution is 0.0955. The van der Waals surface area contributed by atoms with Crippen molar-refractivity contribution in [2.24, 2.45) is 0 Å². The largest absolute Gasteiger partial charge is 0.352 e. The molecule has 6 nitrogen and oxygen atoms in total. The number of carbonyl (C=O) groups is 1. The van der Waals surface area contributed by atoms with E-state index in [-0.39, 0.29) is 5.91 Å². The van der Waals surface area contributed by atoms with E-state index in [1.807, 2.05) is 32.0 Å². The summed E-state index contributed by atoms with van der Waals surface area (Å²) in [5, 5.41) is 7.13. The Bertz CT molecular complexity index is 810. The number of nitrogens with zero attached hydrogens (tertiary/aromatic N) is 4. The van der Waals surface area contributed by atoms with Gasteiger partial charge in [-0.1, -0.05) is 6.07 Å². The van der Waals surface area contributed by atoms with Gasteiger partial charge in [0, 0.05) is 30.3 Å². The fourth-order valence-corrected chi connectivity index (χ4v) is 2.39. The summed E-state index contributed by atoms with van der Waals surface area (Å²) in [6.07, 6.45) is 5.84. The molecule has 3 aromatic heterocycles. The molecule has 0 aromatic carbocycles. The summed E-state index contributed by atoms with van der Waals surface area (Å²) in [7, 11) is 0. The van der Waals surface area contributed by atoms with E-state index < -0.39 is 0 Å². The Morgan fingerprint density at radius 2 is 2.18 bits per heavy atom. The number of hydrogen-bond donors (Lipinski definition) is 1. The molecule has 0 fully saturated rings. The molecule has 0 aliphatic carbocycles. The van der Waals surface area contributed by atoms with Crippen LogP contribution in [0.4, 0.5) is 0 Å². The van der Waals surface area contributed by atoms with Crippen molar-refractivity contribution in [3.05, 3.63) is 59.3 Å². The van der Waals surface area contributed by atoms with Crippen molar-refractivity contribution >= 4 is 11.6 Å². The lowest BCUT2D eigenvalue weighted by atomic mass is 10.2. The highest BCUT2D eigenvalue weighted by Crippen LogP contribution is 2.11. The molecule has 112 valence electrons. The van der Waals surface area contributed by atoms with Gasteiger partial charge < -0.3 is 5.32 Å². The molecule has 6 heteroatoms. The highest BCUT2D eigenvalue weighted by Gasteiger charge is 2.14. The van der Waals surface area contributed by atoms with Crippen LogP contribution in [0.2, 0.25) is 0 Å². The zero-order valence-electron chi connectivity index (χ0n) is 12.6. The van der Waals surface area contributed by atoms with E-state index in [2.05, 4.69) is 20.4 Å². The standard InChI is InChI=1S/C16H17N5O/c1-11-8-12(2)21-15(20-11)14(10-19-21)16(22)18-7-5-13-4-3-6-17-9-13/h3-4,6,8-10H,5,7H2,1-2H3,(H,18,22). The SMILES string of the molecule is Cc1cc(C)n2ncc(C(=O)NCCc3cccnc3)c2n1. The van der Waals surface area contributed by atoms with Crippen LogP contribution in [0.3, 0.4) is 0 Å². The Kier molecular flexibility index (Phi) is 3.82. The van der Waals surface area contributed by atoms with E-state index in [0.717, 1.165) is 23.4 Å². The minimum absolute atomic E-state index is 0.156. The van der Waals surface area contributed by atoms with E-state index >= 15 is 0 Å². The number of amides is 1. The molecule has 0 atom stereocenters. The van der Waals surface area contributed by atoms with Crippen LogP contribution in [-0.2, 0) is 6.42 Å². The molecule has 0 spiro atoms. The molecule has 0 saturated carbocycles. The Morgan fingerprint density at radius 3 is 2.95 bits per heavy atom. The van der Waals surface area contributed by atoms with E-state index in [1.54, 1.807) is 23.1 Å². The first-order valence-electron chi connectivity index (χ1n) is 7.14. The summed E-state index contributed by atoms with van der Waals surface area (Å²) in [5.41, 5.74) is 4.01. The van der Waals surface area contributed by atoms with Gasteiger partial charge in [-0.15, -0.1) is 0 Å². The van der Waals surface area contributed by atoms with Gasteiger partial charge in [0.25, 0.3) is 5.91 Å². The summed E-state index contributed by atoms with van der Waals surface area (Å²) < 4.78 is 1.68. The van der Waals surface area contributed by atoms with Crippen molar-refractivity contribution in [2.75, 3.05) is 6.54 Å². The maximum Gasteiger partial charge on any atom is 0.256 e. The summed E-state index contributed by atoms with van der Waals surface area (Å²) in [5.74, 6) is -0.156. The molecule has 22 heavy (non-hydrogen) atoms. The molecule has 3 rings (SSSR count). The molecule has 0 unspecified atom stereocenters. The van der Waals surface area contributed by atoms with Gasteiger partial charge >= 0.3 is 0 Å². The molecule has 3 heterocycles. The summed E-state index contributed by atoms with van der Waals surface area (Å²) in [4.78, 5) is 20.8. The van der Waals surface area contributed by atoms with E-state index in [1.165, 1.54) is 0 Å². The van der Waals surface area contributed by atoms with Crippen molar-refractivity contribution in [2.45, 2.75) is 20.3 Å². The Balaban J connectivity index is 1.73. The third-order valence-corrected chi connectivity index (χ3v) is 3.44. The molecule has 0 aliphatic rings. The van der Waals surface area contributed by atoms with Crippen LogP contribution >= 0.6 is 0 Å². The predicted octanol–water partition coefficient (Wildman–Crippen LogP) is 1.71. The molecule has 1 N–H and O–H groups in total. The molecule has 0 saturated heterocycles. The van der Waals surface area contributed by atoms with Gasteiger partial charge in [-0.05, 0) is 38.0 Å². The van der Waals surface area contributed by atoms with Crippen LogP contribution < -0.4 is 5.32 Å². The zero-order chi connectivity index (χ0) is 15.5. The fraction of sp³-hybridized carbons (Fsp3) is 0.250. The third kappa shape index (κ3) is 2.81. The molecule has 0 bridgehead atoms. The molecule has 1 amide bonds. The monoisotopic (exact) mass is 295 g/mol. The van der Waals surface area contributed by atoms with Crippen molar-refractivity contribution in [3.63, 3.8) is 0 Å². The summed E-state index contributed by atoms with van der Waals surface area (Å²) in [6.45, 7) is 4.40. The topological polar surface area (TPSA) is 72.2 Å². The first kappa shape index (κ1) is 14.2. The number of nitrogens with one attached hydrogen (secondary N) is 1. The zero-order valence-corrected chi connectivity index (χ0v) is 12.6. The molecular weight excluding hydrogens is 278 g/mol. The first-order chi connectivity index (χ1) is 10.6. The number of aryl methyl sites for hydroxylation is 2. The van der Waals surface area contributed by atoms with E-state index in [0.29, 0.717) is 17.8 Å². The van der Waals surface area contributed by atoms with Crippen LogP contribution in [0.1, 0.15) is 27.3 Å². The van der Waals surface area contributed by atoms with Crippen LogP contribution in [0.15, 0.2) is 36.8 Å².